The van der Waals surface area contributed by atoms with Gasteiger partial charge >= 0.3 is 0 Å². The zero-order valence-corrected chi connectivity index (χ0v) is 19.3. The number of allylic oxidation sites excluding steroid dienone is 2. The minimum Gasteiger partial charge on any atom is -0.392 e. The molecule has 0 saturated heterocycles. The van der Waals surface area contributed by atoms with Gasteiger partial charge in [-0.05, 0) is 63.3 Å². The largest absolute Gasteiger partial charge is 0.392 e. The molecular weight excluding hydrogens is 366 g/mol. The number of aliphatic hydroxyl groups is 2. The predicted octanol–water partition coefficient (Wildman–Crippen LogP) is 4.75. The van der Waals surface area contributed by atoms with Crippen molar-refractivity contribution >= 4 is 11.8 Å². The smallest absolute Gasteiger partial charge is 0.0723 e. The van der Waals surface area contributed by atoms with E-state index in [1.807, 2.05) is 17.8 Å². The number of unbranched alkanes of at least 4 members (excludes halogenated alkanes) is 1. The minimum absolute atomic E-state index is 0.209. The summed E-state index contributed by atoms with van der Waals surface area (Å²) in [5, 5.41) is 20.9. The summed E-state index contributed by atoms with van der Waals surface area (Å²) < 4.78 is 0. The van der Waals surface area contributed by atoms with E-state index >= 15 is 0 Å². The van der Waals surface area contributed by atoms with Gasteiger partial charge in [-0.15, -0.1) is 0 Å². The topological polar surface area (TPSA) is 43.7 Å². The first-order valence-electron chi connectivity index (χ1n) is 11.4. The molecule has 1 saturated carbocycles. The Kier molecular flexibility index (Phi) is 10.6. The van der Waals surface area contributed by atoms with Crippen molar-refractivity contribution < 1.29 is 10.2 Å². The third kappa shape index (κ3) is 7.85. The normalized spacial score (nSPS) is 29.5. The SMILES string of the molecule is CCCC[C@H](C)C[C@H](O)/C=C/[C@@H]1[C@H]2CC(CCSCCN(C)C)=C[C@H]2C[C@H]1O. The fourth-order valence-corrected chi connectivity index (χ4v) is 5.87. The number of hydrogen-bond donors (Lipinski definition) is 2. The van der Waals surface area contributed by atoms with Crippen LogP contribution in [0.4, 0.5) is 0 Å². The lowest BCUT2D eigenvalue weighted by Crippen LogP contribution is -2.18. The minimum atomic E-state index is -0.375. The maximum absolute atomic E-state index is 10.5. The van der Waals surface area contributed by atoms with Crippen LogP contribution in [-0.2, 0) is 0 Å². The van der Waals surface area contributed by atoms with Crippen LogP contribution < -0.4 is 0 Å². The van der Waals surface area contributed by atoms with Crippen LogP contribution >= 0.6 is 11.8 Å². The molecule has 2 rings (SSSR count). The van der Waals surface area contributed by atoms with E-state index < -0.39 is 0 Å². The highest BCUT2D eigenvalue weighted by molar-refractivity contribution is 7.99. The van der Waals surface area contributed by atoms with Crippen molar-refractivity contribution in [3.63, 3.8) is 0 Å². The monoisotopic (exact) mass is 409 g/mol. The molecule has 0 aromatic carbocycles. The van der Waals surface area contributed by atoms with Crippen molar-refractivity contribution in [1.29, 1.82) is 0 Å². The van der Waals surface area contributed by atoms with Gasteiger partial charge in [0.15, 0.2) is 0 Å². The van der Waals surface area contributed by atoms with Crippen LogP contribution in [-0.4, -0.2) is 59.5 Å². The standard InChI is InChI=1S/C24H43NO2S/c1-5-6-7-18(2)14-21(26)8-9-22-23-16-19(15-20(23)17-24(22)27)10-12-28-13-11-25(3)4/h8-9,15,18,20-24,26-27H,5-7,10-14,16-17H2,1-4H3/b9-8+/t18-,20-,21+,22+,23-,24+/m0/s1. The van der Waals surface area contributed by atoms with E-state index in [1.54, 1.807) is 5.57 Å². The van der Waals surface area contributed by atoms with Crippen molar-refractivity contribution in [2.45, 2.75) is 71.0 Å². The quantitative estimate of drug-likeness (QED) is 0.340. The summed E-state index contributed by atoms with van der Waals surface area (Å²) in [6, 6.07) is 0. The van der Waals surface area contributed by atoms with Crippen LogP contribution in [0.2, 0.25) is 0 Å². The second-order valence-corrected chi connectivity index (χ2v) is 10.6. The fourth-order valence-electron chi connectivity index (χ4n) is 4.76. The molecule has 0 aromatic rings. The van der Waals surface area contributed by atoms with Gasteiger partial charge in [0.25, 0.3) is 0 Å². The Balaban J connectivity index is 1.75. The Hall–Kier alpha value is -0.290. The number of hydrogen-bond acceptors (Lipinski definition) is 4. The summed E-state index contributed by atoms with van der Waals surface area (Å²) in [5.41, 5.74) is 1.59. The van der Waals surface area contributed by atoms with Gasteiger partial charge in [0.05, 0.1) is 12.2 Å². The molecule has 0 heterocycles. The summed E-state index contributed by atoms with van der Waals surface area (Å²) in [7, 11) is 4.26. The van der Waals surface area contributed by atoms with Gasteiger partial charge < -0.3 is 15.1 Å². The predicted molar refractivity (Wildman–Crippen MR) is 123 cm³/mol. The molecule has 1 fully saturated rings. The van der Waals surface area contributed by atoms with Gasteiger partial charge in [0.2, 0.25) is 0 Å². The molecule has 28 heavy (non-hydrogen) atoms. The van der Waals surface area contributed by atoms with E-state index in [0.29, 0.717) is 17.8 Å². The Morgan fingerprint density at radius 1 is 1.32 bits per heavy atom. The Morgan fingerprint density at radius 3 is 2.82 bits per heavy atom. The van der Waals surface area contributed by atoms with Gasteiger partial charge in [0, 0.05) is 18.2 Å². The first-order valence-corrected chi connectivity index (χ1v) is 12.5. The number of rotatable bonds is 13. The molecule has 2 aliphatic rings. The molecule has 2 N–H and O–H groups in total. The lowest BCUT2D eigenvalue weighted by Gasteiger charge is -2.19. The molecule has 3 nitrogen and oxygen atoms in total. The molecule has 4 heteroatoms. The van der Waals surface area contributed by atoms with Crippen LogP contribution in [0.1, 0.15) is 58.8 Å². The first-order chi connectivity index (χ1) is 13.4. The van der Waals surface area contributed by atoms with Gasteiger partial charge in [-0.25, -0.2) is 0 Å². The zero-order valence-electron chi connectivity index (χ0n) is 18.5. The Morgan fingerprint density at radius 2 is 2.11 bits per heavy atom. The van der Waals surface area contributed by atoms with Crippen molar-refractivity contribution in [1.82, 2.24) is 4.90 Å². The van der Waals surface area contributed by atoms with E-state index in [2.05, 4.69) is 45.0 Å². The summed E-state index contributed by atoms with van der Waals surface area (Å²) >= 11 is 2.04. The van der Waals surface area contributed by atoms with Gasteiger partial charge in [-0.3, -0.25) is 0 Å². The zero-order chi connectivity index (χ0) is 20.5. The van der Waals surface area contributed by atoms with Crippen LogP contribution in [0.3, 0.4) is 0 Å². The molecule has 0 aromatic heterocycles. The number of thioether (sulfide) groups is 1. The van der Waals surface area contributed by atoms with Crippen LogP contribution in [0, 0.1) is 23.7 Å². The van der Waals surface area contributed by atoms with Crippen LogP contribution in [0.25, 0.3) is 0 Å². The number of nitrogens with zero attached hydrogens (tertiary/aromatic N) is 1. The Bertz CT molecular complexity index is 505. The summed E-state index contributed by atoms with van der Waals surface area (Å²) in [5.74, 6) is 4.25. The maximum Gasteiger partial charge on any atom is 0.0723 e. The second-order valence-electron chi connectivity index (χ2n) is 9.34. The lowest BCUT2D eigenvalue weighted by molar-refractivity contribution is 0.139. The van der Waals surface area contributed by atoms with E-state index in [0.717, 1.165) is 25.8 Å². The summed E-state index contributed by atoms with van der Waals surface area (Å²) in [4.78, 5) is 2.24. The van der Waals surface area contributed by atoms with E-state index in [1.165, 1.54) is 37.2 Å². The first kappa shape index (κ1) is 24.0. The molecular formula is C24H43NO2S. The number of fused-ring (bicyclic) bond motifs is 1. The molecule has 0 unspecified atom stereocenters. The highest BCUT2D eigenvalue weighted by Crippen LogP contribution is 2.48. The van der Waals surface area contributed by atoms with Gasteiger partial charge in [-0.2, -0.15) is 11.8 Å². The van der Waals surface area contributed by atoms with Gasteiger partial charge in [-0.1, -0.05) is 56.9 Å². The third-order valence-corrected chi connectivity index (χ3v) is 7.41. The highest BCUT2D eigenvalue weighted by atomic mass is 32.2. The average molecular weight is 410 g/mol. The van der Waals surface area contributed by atoms with Crippen molar-refractivity contribution in [2.75, 3.05) is 32.1 Å². The van der Waals surface area contributed by atoms with Crippen molar-refractivity contribution in [2.24, 2.45) is 23.7 Å². The van der Waals surface area contributed by atoms with Crippen molar-refractivity contribution in [3.8, 4) is 0 Å². The van der Waals surface area contributed by atoms with E-state index in [9.17, 15) is 10.2 Å². The summed E-state index contributed by atoms with van der Waals surface area (Å²) in [6.07, 6.45) is 13.6. The molecule has 0 bridgehead atoms. The van der Waals surface area contributed by atoms with Crippen molar-refractivity contribution in [3.05, 3.63) is 23.8 Å². The average Bonchev–Trinajstić information content (AvgIpc) is 3.14. The van der Waals surface area contributed by atoms with Crippen LogP contribution in [0.5, 0.6) is 0 Å². The van der Waals surface area contributed by atoms with E-state index in [4.69, 9.17) is 0 Å². The molecule has 0 aliphatic heterocycles. The molecule has 162 valence electrons. The molecule has 0 spiro atoms. The summed E-state index contributed by atoms with van der Waals surface area (Å²) in [6.45, 7) is 5.59. The lowest BCUT2D eigenvalue weighted by atomic mass is 9.88. The van der Waals surface area contributed by atoms with Crippen LogP contribution in [0.15, 0.2) is 23.8 Å². The molecule has 6 atom stereocenters. The second kappa shape index (κ2) is 12.4. The third-order valence-electron chi connectivity index (χ3n) is 6.45. The van der Waals surface area contributed by atoms with Gasteiger partial charge in [0.1, 0.15) is 0 Å². The number of aliphatic hydroxyl groups excluding tert-OH is 2. The fraction of sp³-hybridized carbons (Fsp3) is 0.833. The maximum atomic E-state index is 10.5. The Labute approximate surface area is 177 Å². The highest BCUT2D eigenvalue weighted by Gasteiger charge is 2.43. The molecule has 2 aliphatic carbocycles. The van der Waals surface area contributed by atoms with E-state index in [-0.39, 0.29) is 18.1 Å². The molecule has 0 radical (unpaired) electrons. The molecule has 0 amide bonds.